The van der Waals surface area contributed by atoms with Crippen LogP contribution in [0.4, 0.5) is 5.69 Å². The van der Waals surface area contributed by atoms with Gasteiger partial charge in [0.25, 0.3) is 11.8 Å². The lowest BCUT2D eigenvalue weighted by molar-refractivity contribution is 0.0926. The molecule has 2 aromatic carbocycles. The van der Waals surface area contributed by atoms with E-state index in [0.717, 1.165) is 30.2 Å². The minimum Gasteiger partial charge on any atom is -0.490 e. The summed E-state index contributed by atoms with van der Waals surface area (Å²) in [5.74, 6) is 0.0524. The molecule has 0 spiro atoms. The number of benzene rings is 2. The number of hydrogen-bond donors (Lipinski definition) is 2. The molecule has 0 aromatic heterocycles. The van der Waals surface area contributed by atoms with E-state index >= 15 is 0 Å². The normalized spacial score (nSPS) is 14.2. The first-order valence-electron chi connectivity index (χ1n) is 10.2. The summed E-state index contributed by atoms with van der Waals surface area (Å²) >= 11 is 3.40. The van der Waals surface area contributed by atoms with Crippen LogP contribution in [0, 0.1) is 0 Å². The largest absolute Gasteiger partial charge is 0.490 e. The molecule has 0 saturated heterocycles. The minimum atomic E-state index is -0.312. The van der Waals surface area contributed by atoms with Crippen LogP contribution in [-0.2, 0) is 4.74 Å². The molecule has 7 heteroatoms. The van der Waals surface area contributed by atoms with Gasteiger partial charge in [0, 0.05) is 28.9 Å². The van der Waals surface area contributed by atoms with Crippen LogP contribution in [-0.4, -0.2) is 38.2 Å². The van der Waals surface area contributed by atoms with Gasteiger partial charge in [0.1, 0.15) is 12.4 Å². The van der Waals surface area contributed by atoms with Gasteiger partial charge in [-0.15, -0.1) is 0 Å². The Labute approximate surface area is 185 Å². The smallest absolute Gasteiger partial charge is 0.259 e. The fourth-order valence-corrected chi connectivity index (χ4v) is 3.85. The lowest BCUT2D eigenvalue weighted by Crippen LogP contribution is -2.36. The van der Waals surface area contributed by atoms with Crippen molar-refractivity contribution in [3.63, 3.8) is 0 Å². The van der Waals surface area contributed by atoms with Crippen molar-refractivity contribution in [1.82, 2.24) is 5.32 Å². The third-order valence-electron chi connectivity index (χ3n) is 5.05. The Kier molecular flexibility index (Phi) is 8.28. The van der Waals surface area contributed by atoms with E-state index in [1.54, 1.807) is 43.5 Å². The number of halogens is 1. The van der Waals surface area contributed by atoms with Crippen molar-refractivity contribution in [2.75, 3.05) is 25.6 Å². The van der Waals surface area contributed by atoms with Gasteiger partial charge in [-0.05, 0) is 49.2 Å². The second kappa shape index (κ2) is 11.1. The van der Waals surface area contributed by atoms with Gasteiger partial charge in [0.2, 0.25) is 0 Å². The third kappa shape index (κ3) is 6.31. The summed E-state index contributed by atoms with van der Waals surface area (Å²) < 4.78 is 11.4. The molecule has 0 aliphatic heterocycles. The summed E-state index contributed by atoms with van der Waals surface area (Å²) in [4.78, 5) is 25.5. The molecular formula is C23H27BrN2O4. The Morgan fingerprint density at radius 1 is 1.03 bits per heavy atom. The zero-order valence-electron chi connectivity index (χ0n) is 17.1. The zero-order valence-corrected chi connectivity index (χ0v) is 18.7. The van der Waals surface area contributed by atoms with Gasteiger partial charge in [-0.3, -0.25) is 9.59 Å². The summed E-state index contributed by atoms with van der Waals surface area (Å²) in [6, 6.07) is 12.5. The first kappa shape index (κ1) is 22.3. The Morgan fingerprint density at radius 2 is 1.83 bits per heavy atom. The fourth-order valence-electron chi connectivity index (χ4n) is 3.49. The van der Waals surface area contributed by atoms with Crippen molar-refractivity contribution < 1.29 is 19.1 Å². The molecule has 1 saturated carbocycles. The molecule has 1 aliphatic rings. The molecule has 2 amide bonds. The molecular weight excluding hydrogens is 448 g/mol. The molecule has 2 N–H and O–H groups in total. The highest BCUT2D eigenvalue weighted by Crippen LogP contribution is 2.25. The van der Waals surface area contributed by atoms with Crippen LogP contribution in [0.15, 0.2) is 46.9 Å². The van der Waals surface area contributed by atoms with Crippen LogP contribution >= 0.6 is 15.9 Å². The Bertz CT molecular complexity index is 881. The Morgan fingerprint density at radius 3 is 2.60 bits per heavy atom. The van der Waals surface area contributed by atoms with E-state index in [1.165, 1.54) is 6.42 Å². The van der Waals surface area contributed by atoms with Gasteiger partial charge >= 0.3 is 0 Å². The van der Waals surface area contributed by atoms with E-state index in [4.69, 9.17) is 9.47 Å². The van der Waals surface area contributed by atoms with E-state index in [0.29, 0.717) is 35.8 Å². The first-order valence-corrected chi connectivity index (χ1v) is 11.0. The molecule has 30 heavy (non-hydrogen) atoms. The number of nitrogens with one attached hydrogen (secondary N) is 2. The van der Waals surface area contributed by atoms with E-state index in [2.05, 4.69) is 26.6 Å². The zero-order chi connectivity index (χ0) is 21.3. The van der Waals surface area contributed by atoms with E-state index < -0.39 is 0 Å². The molecule has 160 valence electrons. The van der Waals surface area contributed by atoms with Gasteiger partial charge in [0.15, 0.2) is 0 Å². The van der Waals surface area contributed by atoms with Crippen LogP contribution in [0.3, 0.4) is 0 Å². The van der Waals surface area contributed by atoms with Crippen molar-refractivity contribution in [3.05, 3.63) is 58.1 Å². The first-order chi connectivity index (χ1) is 14.6. The molecule has 0 unspecified atom stereocenters. The number of ether oxygens (including phenoxy) is 2. The highest BCUT2D eigenvalue weighted by molar-refractivity contribution is 9.10. The molecule has 1 aliphatic carbocycles. The predicted octanol–water partition coefficient (Wildman–Crippen LogP) is 4.79. The van der Waals surface area contributed by atoms with Crippen molar-refractivity contribution in [1.29, 1.82) is 0 Å². The van der Waals surface area contributed by atoms with Crippen molar-refractivity contribution in [2.24, 2.45) is 0 Å². The lowest BCUT2D eigenvalue weighted by Gasteiger charge is -2.22. The van der Waals surface area contributed by atoms with Crippen LogP contribution in [0.5, 0.6) is 5.75 Å². The minimum absolute atomic E-state index is 0.107. The Hall–Kier alpha value is -2.38. The standard InChI is InChI=1S/C23H27BrN2O4/c1-29-12-13-30-21-11-10-17(24)15-20(21)23(28)26-19-9-5-6-16(14-19)22(27)25-18-7-3-2-4-8-18/h5-6,9-11,14-15,18H,2-4,7-8,12-13H2,1H3,(H,25,27)(H,26,28). The summed E-state index contributed by atoms with van der Waals surface area (Å²) in [5.41, 5.74) is 1.49. The maximum Gasteiger partial charge on any atom is 0.259 e. The summed E-state index contributed by atoms with van der Waals surface area (Å²) in [5, 5.41) is 5.97. The monoisotopic (exact) mass is 474 g/mol. The quantitative estimate of drug-likeness (QED) is 0.539. The highest BCUT2D eigenvalue weighted by Gasteiger charge is 2.18. The number of carbonyl (C=O) groups excluding carboxylic acids is 2. The second-order valence-corrected chi connectivity index (χ2v) is 8.24. The number of hydrogen-bond acceptors (Lipinski definition) is 4. The van der Waals surface area contributed by atoms with Gasteiger partial charge in [0.05, 0.1) is 12.2 Å². The van der Waals surface area contributed by atoms with E-state index in [-0.39, 0.29) is 17.9 Å². The molecule has 3 rings (SSSR count). The van der Waals surface area contributed by atoms with Gasteiger partial charge in [-0.25, -0.2) is 0 Å². The van der Waals surface area contributed by atoms with Gasteiger partial charge in [-0.2, -0.15) is 0 Å². The highest BCUT2D eigenvalue weighted by atomic mass is 79.9. The molecule has 0 radical (unpaired) electrons. The molecule has 1 fully saturated rings. The number of carbonyl (C=O) groups is 2. The van der Waals surface area contributed by atoms with Crippen LogP contribution in [0.25, 0.3) is 0 Å². The van der Waals surface area contributed by atoms with Crippen molar-refractivity contribution in [3.8, 4) is 5.75 Å². The van der Waals surface area contributed by atoms with E-state index in [9.17, 15) is 9.59 Å². The predicted molar refractivity (Wildman–Crippen MR) is 120 cm³/mol. The summed E-state index contributed by atoms with van der Waals surface area (Å²) in [6.07, 6.45) is 5.60. The molecule has 2 aromatic rings. The SMILES string of the molecule is COCCOc1ccc(Br)cc1C(=O)Nc1cccc(C(=O)NC2CCCCC2)c1. The van der Waals surface area contributed by atoms with Gasteiger partial charge < -0.3 is 20.1 Å². The summed E-state index contributed by atoms with van der Waals surface area (Å²) in [6.45, 7) is 0.768. The number of anilines is 1. The van der Waals surface area contributed by atoms with Crippen molar-refractivity contribution >= 4 is 33.4 Å². The molecule has 0 atom stereocenters. The Balaban J connectivity index is 1.69. The number of methoxy groups -OCH3 is 1. The van der Waals surface area contributed by atoms with Crippen molar-refractivity contribution in [2.45, 2.75) is 38.1 Å². The maximum atomic E-state index is 12.9. The second-order valence-electron chi connectivity index (χ2n) is 7.33. The van der Waals surface area contributed by atoms with Gasteiger partial charge in [-0.1, -0.05) is 41.3 Å². The fraction of sp³-hybridized carbons (Fsp3) is 0.391. The van der Waals surface area contributed by atoms with E-state index in [1.807, 2.05) is 6.07 Å². The molecule has 0 bridgehead atoms. The third-order valence-corrected chi connectivity index (χ3v) is 5.55. The van der Waals surface area contributed by atoms with Crippen LogP contribution < -0.4 is 15.4 Å². The number of rotatable bonds is 8. The average Bonchev–Trinajstić information content (AvgIpc) is 2.75. The van der Waals surface area contributed by atoms with Crippen LogP contribution in [0.2, 0.25) is 0 Å². The average molecular weight is 475 g/mol. The topological polar surface area (TPSA) is 76.7 Å². The number of amides is 2. The maximum absolute atomic E-state index is 12.9. The lowest BCUT2D eigenvalue weighted by atomic mass is 9.95. The molecule has 6 nitrogen and oxygen atoms in total. The van der Waals surface area contributed by atoms with Crippen LogP contribution in [0.1, 0.15) is 52.8 Å². The summed E-state index contributed by atoms with van der Waals surface area (Å²) in [7, 11) is 1.59. The molecule has 0 heterocycles.